The average molecular weight is 454 g/mol. The van der Waals surface area contributed by atoms with Crippen LogP contribution in [0.2, 0.25) is 0 Å². The number of anilines is 1. The first-order valence-electron chi connectivity index (χ1n) is 9.64. The minimum absolute atomic E-state index is 0.110. The summed E-state index contributed by atoms with van der Waals surface area (Å²) in [4.78, 5) is 30.2. The molecule has 0 radical (unpaired) electrons. The first-order valence-corrected chi connectivity index (χ1v) is 11.5. The van der Waals surface area contributed by atoms with Crippen LogP contribution in [0.5, 0.6) is 0 Å². The number of aryl methyl sites for hydroxylation is 1. The molecule has 4 aromatic rings. The van der Waals surface area contributed by atoms with E-state index in [1.807, 2.05) is 37.4 Å². The molecule has 1 N–H and O–H groups in total. The van der Waals surface area contributed by atoms with Gasteiger partial charge in [-0.15, -0.1) is 11.3 Å². The normalized spacial score (nSPS) is 11.1. The summed E-state index contributed by atoms with van der Waals surface area (Å²) in [5.74, 6) is -0.397. The van der Waals surface area contributed by atoms with Crippen LogP contribution in [-0.4, -0.2) is 21.2 Å². The van der Waals surface area contributed by atoms with Gasteiger partial charge < -0.3 is 5.32 Å². The van der Waals surface area contributed by atoms with Gasteiger partial charge in [0.15, 0.2) is 5.16 Å². The lowest BCUT2D eigenvalue weighted by Gasteiger charge is -2.13. The molecular weight excluding hydrogens is 433 g/mol. The van der Waals surface area contributed by atoms with Gasteiger partial charge in [0.2, 0.25) is 5.91 Å². The number of amides is 1. The van der Waals surface area contributed by atoms with Gasteiger partial charge in [0.05, 0.1) is 17.8 Å². The van der Waals surface area contributed by atoms with Crippen molar-refractivity contribution in [1.29, 1.82) is 0 Å². The van der Waals surface area contributed by atoms with Gasteiger partial charge in [-0.05, 0) is 60.2 Å². The highest BCUT2D eigenvalue weighted by atomic mass is 32.2. The molecule has 0 saturated carbocycles. The third-order valence-electron chi connectivity index (χ3n) is 5.00. The van der Waals surface area contributed by atoms with Gasteiger partial charge in [-0.2, -0.15) is 0 Å². The largest absolute Gasteiger partial charge is 0.325 e. The fourth-order valence-electron chi connectivity index (χ4n) is 3.15. The summed E-state index contributed by atoms with van der Waals surface area (Å²) in [5, 5.41) is 5.21. The molecule has 2 heterocycles. The van der Waals surface area contributed by atoms with Crippen molar-refractivity contribution < 1.29 is 9.18 Å². The van der Waals surface area contributed by atoms with E-state index in [9.17, 15) is 14.0 Å². The molecule has 5 nitrogen and oxygen atoms in total. The van der Waals surface area contributed by atoms with E-state index >= 15 is 0 Å². The van der Waals surface area contributed by atoms with Crippen LogP contribution in [0.15, 0.2) is 63.9 Å². The Morgan fingerprint density at radius 3 is 2.71 bits per heavy atom. The van der Waals surface area contributed by atoms with Gasteiger partial charge in [0.25, 0.3) is 5.56 Å². The molecule has 0 atom stereocenters. The molecule has 0 bridgehead atoms. The molecule has 0 aliphatic carbocycles. The molecule has 2 aromatic heterocycles. The second kappa shape index (κ2) is 9.03. The van der Waals surface area contributed by atoms with Crippen LogP contribution in [0.3, 0.4) is 0 Å². The quantitative estimate of drug-likeness (QED) is 0.330. The first kappa shape index (κ1) is 21.3. The highest BCUT2D eigenvalue weighted by molar-refractivity contribution is 7.99. The molecule has 158 valence electrons. The minimum Gasteiger partial charge on any atom is -0.325 e. The van der Waals surface area contributed by atoms with Crippen molar-refractivity contribution in [1.82, 2.24) is 9.55 Å². The number of nitrogens with zero attached hydrogens (tertiary/aromatic N) is 2. The van der Waals surface area contributed by atoms with E-state index in [-0.39, 0.29) is 29.6 Å². The second-order valence-corrected chi connectivity index (χ2v) is 8.99. The first-order chi connectivity index (χ1) is 14.9. The van der Waals surface area contributed by atoms with E-state index in [4.69, 9.17) is 0 Å². The SMILES string of the molecule is Cc1cccc(NC(=O)CSc2nc3ccsc3c(=O)n2Cc2ccc(F)cc2)c1C. The van der Waals surface area contributed by atoms with E-state index in [0.29, 0.717) is 15.4 Å². The lowest BCUT2D eigenvalue weighted by Crippen LogP contribution is -2.24. The van der Waals surface area contributed by atoms with Gasteiger partial charge in [0.1, 0.15) is 10.5 Å². The summed E-state index contributed by atoms with van der Waals surface area (Å²) in [6, 6.07) is 13.6. The Morgan fingerprint density at radius 2 is 1.94 bits per heavy atom. The van der Waals surface area contributed by atoms with Crippen molar-refractivity contribution in [3.8, 4) is 0 Å². The molecule has 0 unspecified atom stereocenters. The predicted molar refractivity (Wildman–Crippen MR) is 125 cm³/mol. The third-order valence-corrected chi connectivity index (χ3v) is 6.86. The van der Waals surface area contributed by atoms with Crippen LogP contribution >= 0.6 is 23.1 Å². The number of hydrogen-bond donors (Lipinski definition) is 1. The highest BCUT2D eigenvalue weighted by Crippen LogP contribution is 2.23. The Kier molecular flexibility index (Phi) is 6.20. The van der Waals surface area contributed by atoms with Crippen LogP contribution in [-0.2, 0) is 11.3 Å². The Labute approximate surface area is 187 Å². The summed E-state index contributed by atoms with van der Waals surface area (Å²) in [7, 11) is 0. The van der Waals surface area contributed by atoms with Crippen LogP contribution in [0.1, 0.15) is 16.7 Å². The van der Waals surface area contributed by atoms with Crippen molar-refractivity contribution in [2.75, 3.05) is 11.1 Å². The molecule has 8 heteroatoms. The molecule has 2 aromatic carbocycles. The summed E-state index contributed by atoms with van der Waals surface area (Å²) in [6.45, 7) is 4.21. The number of benzene rings is 2. The zero-order chi connectivity index (χ0) is 22.0. The molecule has 0 spiro atoms. The van der Waals surface area contributed by atoms with E-state index < -0.39 is 0 Å². The second-order valence-electron chi connectivity index (χ2n) is 7.13. The number of thiophene rings is 1. The number of thioether (sulfide) groups is 1. The van der Waals surface area contributed by atoms with E-state index in [0.717, 1.165) is 22.4 Å². The minimum atomic E-state index is -0.333. The fraction of sp³-hybridized carbons (Fsp3) is 0.174. The lowest BCUT2D eigenvalue weighted by atomic mass is 10.1. The van der Waals surface area contributed by atoms with E-state index in [2.05, 4.69) is 10.3 Å². The van der Waals surface area contributed by atoms with E-state index in [1.165, 1.54) is 35.2 Å². The number of halogens is 1. The third kappa shape index (κ3) is 4.70. The maximum Gasteiger partial charge on any atom is 0.272 e. The number of carbonyl (C=O) groups is 1. The fourth-order valence-corrected chi connectivity index (χ4v) is 4.73. The van der Waals surface area contributed by atoms with Gasteiger partial charge in [-0.3, -0.25) is 14.2 Å². The van der Waals surface area contributed by atoms with Crippen molar-refractivity contribution in [2.24, 2.45) is 0 Å². The lowest BCUT2D eigenvalue weighted by molar-refractivity contribution is -0.113. The van der Waals surface area contributed by atoms with Crippen LogP contribution in [0.4, 0.5) is 10.1 Å². The average Bonchev–Trinajstić information content (AvgIpc) is 3.22. The van der Waals surface area contributed by atoms with Crippen molar-refractivity contribution in [3.63, 3.8) is 0 Å². The van der Waals surface area contributed by atoms with Crippen LogP contribution in [0, 0.1) is 19.7 Å². The Bertz CT molecular complexity index is 1310. The number of fused-ring (bicyclic) bond motifs is 1. The van der Waals surface area contributed by atoms with Gasteiger partial charge in [-0.1, -0.05) is 36.0 Å². The predicted octanol–water partition coefficient (Wildman–Crippen LogP) is 4.99. The standard InChI is InChI=1S/C23H20FN3O2S2/c1-14-4-3-5-18(15(14)2)25-20(28)13-31-23-26-19-10-11-30-21(19)22(29)27(23)12-16-6-8-17(24)9-7-16/h3-11H,12-13H2,1-2H3,(H,25,28). The molecule has 1 amide bonds. The topological polar surface area (TPSA) is 64.0 Å². The number of aromatic nitrogens is 2. The van der Waals surface area contributed by atoms with Crippen molar-refractivity contribution >= 4 is 44.9 Å². The number of hydrogen-bond acceptors (Lipinski definition) is 5. The smallest absolute Gasteiger partial charge is 0.272 e. The van der Waals surface area contributed by atoms with E-state index in [1.54, 1.807) is 22.8 Å². The van der Waals surface area contributed by atoms with Gasteiger partial charge in [-0.25, -0.2) is 9.37 Å². The number of nitrogens with one attached hydrogen (secondary N) is 1. The Hall–Kier alpha value is -2.97. The molecule has 0 aliphatic rings. The molecule has 0 aliphatic heterocycles. The summed E-state index contributed by atoms with van der Waals surface area (Å²) in [6.07, 6.45) is 0. The van der Waals surface area contributed by atoms with Crippen molar-refractivity contribution in [2.45, 2.75) is 25.5 Å². The van der Waals surface area contributed by atoms with Crippen molar-refractivity contribution in [3.05, 3.63) is 86.8 Å². The zero-order valence-electron chi connectivity index (χ0n) is 17.0. The van der Waals surface area contributed by atoms with Crippen LogP contribution < -0.4 is 10.9 Å². The number of carbonyl (C=O) groups excluding carboxylic acids is 1. The molecular formula is C23H20FN3O2S2. The summed E-state index contributed by atoms with van der Waals surface area (Å²) >= 11 is 2.54. The summed E-state index contributed by atoms with van der Waals surface area (Å²) in [5.41, 5.74) is 4.12. The van der Waals surface area contributed by atoms with Gasteiger partial charge in [0, 0.05) is 5.69 Å². The van der Waals surface area contributed by atoms with Crippen LogP contribution in [0.25, 0.3) is 10.2 Å². The molecule has 31 heavy (non-hydrogen) atoms. The highest BCUT2D eigenvalue weighted by Gasteiger charge is 2.15. The molecule has 0 saturated heterocycles. The maximum absolute atomic E-state index is 13.3. The molecule has 4 rings (SSSR count). The Balaban J connectivity index is 1.58. The zero-order valence-corrected chi connectivity index (χ0v) is 18.6. The maximum atomic E-state index is 13.3. The summed E-state index contributed by atoms with van der Waals surface area (Å²) < 4.78 is 15.4. The number of rotatable bonds is 6. The Morgan fingerprint density at radius 1 is 1.16 bits per heavy atom. The monoisotopic (exact) mass is 453 g/mol. The molecule has 0 fully saturated rings. The van der Waals surface area contributed by atoms with Gasteiger partial charge >= 0.3 is 0 Å².